The van der Waals surface area contributed by atoms with Crippen molar-refractivity contribution in [3.05, 3.63) is 85.1 Å². The number of carbonyl (C=O) groups is 3. The number of esters is 2. The smallest absolute Gasteiger partial charge is 0.472 e. The van der Waals surface area contributed by atoms with Gasteiger partial charge < -0.3 is 35.4 Å². The molecule has 0 aromatic rings. The topological polar surface area (TPSA) is 212 Å². The van der Waals surface area contributed by atoms with Crippen molar-refractivity contribution in [2.24, 2.45) is 5.73 Å². The lowest BCUT2D eigenvalue weighted by Gasteiger charge is -2.20. The van der Waals surface area contributed by atoms with Crippen molar-refractivity contribution in [3.8, 4) is 0 Å². The number of hydrogen-bond acceptors (Lipinski definition) is 11. The molecule has 0 aromatic heterocycles. The third kappa shape index (κ3) is 35.7. The van der Waals surface area contributed by atoms with Crippen molar-refractivity contribution in [1.29, 1.82) is 0 Å². The molecular weight excluding hydrogens is 765 g/mol. The third-order valence-electron chi connectivity index (χ3n) is 8.34. The Labute approximate surface area is 347 Å². The number of ether oxygens (including phenoxy) is 2. The van der Waals surface area contributed by atoms with E-state index < -0.39 is 69.9 Å². The van der Waals surface area contributed by atoms with E-state index in [2.05, 4.69) is 85.2 Å². The first-order valence-corrected chi connectivity index (χ1v) is 22.3. The van der Waals surface area contributed by atoms with Crippen LogP contribution in [0.4, 0.5) is 0 Å². The van der Waals surface area contributed by atoms with E-state index in [1.807, 2.05) is 12.2 Å². The molecule has 0 bridgehead atoms. The summed E-state index contributed by atoms with van der Waals surface area (Å²) in [6.45, 7) is 2.23. The lowest BCUT2D eigenvalue weighted by Crippen LogP contribution is -2.34. The third-order valence-corrected chi connectivity index (χ3v) is 9.29. The van der Waals surface area contributed by atoms with Crippen LogP contribution in [0.15, 0.2) is 85.1 Å². The molecule has 0 aliphatic carbocycles. The van der Waals surface area contributed by atoms with Crippen LogP contribution in [-0.2, 0) is 37.5 Å². The molecule has 0 fully saturated rings. The van der Waals surface area contributed by atoms with Crippen LogP contribution in [0.1, 0.15) is 129 Å². The van der Waals surface area contributed by atoms with Gasteiger partial charge in [0.05, 0.1) is 25.4 Å². The molecular formula is C44H72NO12P. The summed E-state index contributed by atoms with van der Waals surface area (Å²) in [6, 6.07) is -1.57. The molecule has 0 aliphatic heterocycles. The van der Waals surface area contributed by atoms with Gasteiger partial charge in [0.25, 0.3) is 0 Å². The number of carboxylic acids is 1. The Bertz CT molecular complexity index is 1340. The van der Waals surface area contributed by atoms with E-state index in [0.29, 0.717) is 12.8 Å². The minimum absolute atomic E-state index is 0.0754. The van der Waals surface area contributed by atoms with Crippen molar-refractivity contribution in [2.75, 3.05) is 19.8 Å². The fraction of sp³-hybridized carbons (Fsp3) is 0.614. The summed E-state index contributed by atoms with van der Waals surface area (Å²) in [4.78, 5) is 46.0. The normalized spacial score (nSPS) is 15.7. The van der Waals surface area contributed by atoms with Gasteiger partial charge in [-0.2, -0.15) is 0 Å². The molecule has 0 saturated carbocycles. The fourth-order valence-corrected chi connectivity index (χ4v) is 5.77. The number of phosphoric ester groups is 1. The van der Waals surface area contributed by atoms with E-state index in [1.54, 1.807) is 6.08 Å². The molecule has 58 heavy (non-hydrogen) atoms. The second kappa shape index (κ2) is 37.8. The van der Waals surface area contributed by atoms with Crippen LogP contribution < -0.4 is 5.73 Å². The quantitative estimate of drug-likeness (QED) is 0.0172. The van der Waals surface area contributed by atoms with Crippen molar-refractivity contribution in [1.82, 2.24) is 0 Å². The highest BCUT2D eigenvalue weighted by Gasteiger charge is 2.28. The zero-order valence-electron chi connectivity index (χ0n) is 34.8. The van der Waals surface area contributed by atoms with Crippen LogP contribution in [0.25, 0.3) is 0 Å². The Morgan fingerprint density at radius 1 is 0.603 bits per heavy atom. The summed E-state index contributed by atoms with van der Waals surface area (Å²) >= 11 is 0. The number of aliphatic hydroxyl groups excluding tert-OH is 2. The predicted molar refractivity (Wildman–Crippen MR) is 229 cm³/mol. The number of phosphoric acid groups is 1. The van der Waals surface area contributed by atoms with Crippen LogP contribution in [-0.4, -0.2) is 82.3 Å². The van der Waals surface area contributed by atoms with Crippen LogP contribution in [0.3, 0.4) is 0 Å². The molecule has 14 heteroatoms. The first kappa shape index (κ1) is 54.6. The molecule has 0 rings (SSSR count). The number of carbonyl (C=O) groups excluding carboxylic acids is 2. The zero-order chi connectivity index (χ0) is 43.1. The maximum atomic E-state index is 12.6. The molecule has 0 saturated heterocycles. The second-order valence-corrected chi connectivity index (χ2v) is 15.1. The maximum Gasteiger partial charge on any atom is 0.472 e. The number of allylic oxidation sites excluding steroid dienone is 13. The van der Waals surface area contributed by atoms with E-state index in [-0.39, 0.29) is 32.1 Å². The van der Waals surface area contributed by atoms with Crippen molar-refractivity contribution < 1.29 is 57.7 Å². The average Bonchev–Trinajstić information content (AvgIpc) is 3.19. The second-order valence-electron chi connectivity index (χ2n) is 13.7. The summed E-state index contributed by atoms with van der Waals surface area (Å²) < 4.78 is 32.4. The number of hydrogen-bond donors (Lipinski definition) is 5. The van der Waals surface area contributed by atoms with E-state index in [0.717, 1.165) is 70.6 Å². The van der Waals surface area contributed by atoms with Crippen molar-refractivity contribution in [3.63, 3.8) is 0 Å². The van der Waals surface area contributed by atoms with E-state index in [4.69, 9.17) is 24.8 Å². The van der Waals surface area contributed by atoms with E-state index in [9.17, 15) is 34.1 Å². The summed E-state index contributed by atoms with van der Waals surface area (Å²) in [5, 5.41) is 29.5. The minimum atomic E-state index is -4.79. The van der Waals surface area contributed by atoms with Gasteiger partial charge in [0.1, 0.15) is 12.6 Å². The zero-order valence-corrected chi connectivity index (χ0v) is 35.7. The molecule has 0 spiro atoms. The largest absolute Gasteiger partial charge is 0.480 e. The lowest BCUT2D eigenvalue weighted by atomic mass is 10.0. The van der Waals surface area contributed by atoms with Gasteiger partial charge in [-0.25, -0.2) is 4.57 Å². The van der Waals surface area contributed by atoms with Gasteiger partial charge in [-0.15, -0.1) is 0 Å². The summed E-state index contributed by atoms with van der Waals surface area (Å²) in [5.74, 6) is -2.74. The van der Waals surface area contributed by atoms with Gasteiger partial charge in [0.15, 0.2) is 6.10 Å². The van der Waals surface area contributed by atoms with Crippen LogP contribution in [0, 0.1) is 0 Å². The Morgan fingerprint density at radius 3 is 1.66 bits per heavy atom. The summed E-state index contributed by atoms with van der Waals surface area (Å²) in [7, 11) is -4.79. The predicted octanol–water partition coefficient (Wildman–Crippen LogP) is 8.66. The van der Waals surface area contributed by atoms with Crippen molar-refractivity contribution >= 4 is 25.7 Å². The summed E-state index contributed by atoms with van der Waals surface area (Å²) in [5.41, 5.74) is 5.31. The summed E-state index contributed by atoms with van der Waals surface area (Å²) in [6.07, 6.45) is 38.3. The highest BCUT2D eigenvalue weighted by Crippen LogP contribution is 2.43. The monoisotopic (exact) mass is 837 g/mol. The average molecular weight is 838 g/mol. The van der Waals surface area contributed by atoms with Crippen LogP contribution >= 0.6 is 7.82 Å². The lowest BCUT2D eigenvalue weighted by molar-refractivity contribution is -0.161. The van der Waals surface area contributed by atoms with Gasteiger partial charge in [-0.1, -0.05) is 118 Å². The number of carboxylic acid groups (broad SMARTS) is 1. The molecule has 0 aliphatic rings. The highest BCUT2D eigenvalue weighted by molar-refractivity contribution is 7.47. The van der Waals surface area contributed by atoms with Gasteiger partial charge in [0, 0.05) is 12.8 Å². The van der Waals surface area contributed by atoms with E-state index in [1.165, 1.54) is 0 Å². The first-order valence-electron chi connectivity index (χ1n) is 20.8. The first-order chi connectivity index (χ1) is 27.9. The number of nitrogens with two attached hydrogens (primary N) is 1. The number of unbranched alkanes of at least 4 members (excludes halogenated alkanes) is 5. The van der Waals surface area contributed by atoms with E-state index >= 15 is 0 Å². The molecule has 5 atom stereocenters. The Balaban J connectivity index is 4.68. The number of rotatable bonds is 37. The molecule has 0 aromatic carbocycles. The van der Waals surface area contributed by atoms with Gasteiger partial charge in [-0.05, 0) is 83.5 Å². The van der Waals surface area contributed by atoms with Crippen LogP contribution in [0.5, 0.6) is 0 Å². The Kier molecular flexibility index (Phi) is 35.6. The Hall–Kier alpha value is -3.42. The Morgan fingerprint density at radius 2 is 1.09 bits per heavy atom. The molecule has 0 amide bonds. The molecule has 0 radical (unpaired) electrons. The fourth-order valence-electron chi connectivity index (χ4n) is 4.99. The molecule has 13 nitrogen and oxygen atoms in total. The minimum Gasteiger partial charge on any atom is -0.480 e. The molecule has 0 heterocycles. The molecule has 6 N–H and O–H groups in total. The standard InChI is InChI=1S/C44H72NO12P/c1-3-5-7-9-11-13-15-17-18-19-21-23-25-27-29-33-43(49)57-38(36-55-58(52,53)56-37-39(45)44(50)51)35-54-42(48)34-30-32-41(47)40(46)31-28-26-24-22-20-16-14-12-10-8-6-4-2/h5-8,11-14,17-18,20,22,26,28,38-41,46-47H,3-4,9-10,15-16,19,21,23-25,27,29-37,45H2,1-2H3,(H,50,51)(H,52,53)/b7-5-,8-6-,13-11-,14-12-,18-17-,22-20-,28-26-/t38-,39+,40+,41+/m1/s1. The number of aliphatic carboxylic acids is 1. The van der Waals surface area contributed by atoms with Gasteiger partial charge in [0.2, 0.25) is 0 Å². The van der Waals surface area contributed by atoms with Gasteiger partial charge >= 0.3 is 25.7 Å². The highest BCUT2D eigenvalue weighted by atomic mass is 31.2. The van der Waals surface area contributed by atoms with Crippen LogP contribution in [0.2, 0.25) is 0 Å². The molecule has 330 valence electrons. The van der Waals surface area contributed by atoms with Crippen molar-refractivity contribution in [2.45, 2.75) is 154 Å². The SMILES string of the molecule is CC/C=C\C/C=C\C/C=C\C/C=C\C[C@H](O)[C@@H](O)CCCC(=O)OC[C@H](COP(=O)(O)OC[C@H](N)C(=O)O)OC(=O)CCCCCCC/C=C\C/C=C\C/C=C\CC. The maximum absolute atomic E-state index is 12.6. The molecule has 1 unspecified atom stereocenters. The van der Waals surface area contributed by atoms with Gasteiger partial charge in [-0.3, -0.25) is 23.4 Å². The number of aliphatic hydroxyl groups is 2.